The molecule has 0 bridgehead atoms. The van der Waals surface area contributed by atoms with Crippen molar-refractivity contribution in [3.8, 4) is 22.3 Å². The van der Waals surface area contributed by atoms with Gasteiger partial charge in [-0.2, -0.15) is 0 Å². The van der Waals surface area contributed by atoms with E-state index in [-0.39, 0.29) is 0 Å². The lowest BCUT2D eigenvalue weighted by Gasteiger charge is -2.29. The van der Waals surface area contributed by atoms with Gasteiger partial charge < -0.3 is 0 Å². The van der Waals surface area contributed by atoms with Crippen LogP contribution in [0.15, 0.2) is 139 Å². The van der Waals surface area contributed by atoms with Gasteiger partial charge in [-0.3, -0.25) is 0 Å². The van der Waals surface area contributed by atoms with Crippen LogP contribution >= 0.6 is 11.3 Å². The van der Waals surface area contributed by atoms with Crippen molar-refractivity contribution in [2.45, 2.75) is 64.2 Å². The fourth-order valence-electron chi connectivity index (χ4n) is 9.88. The van der Waals surface area contributed by atoms with Crippen molar-refractivity contribution in [1.82, 2.24) is 0 Å². The molecule has 6 aromatic rings. The third kappa shape index (κ3) is 5.49. The summed E-state index contributed by atoms with van der Waals surface area (Å²) in [6, 6.07) is 44.2. The second kappa shape index (κ2) is 12.8. The Hall–Kier alpha value is -4.72. The lowest BCUT2D eigenvalue weighted by Crippen LogP contribution is -2.17. The number of thiophene rings is 1. The van der Waals surface area contributed by atoms with Crippen LogP contribution in [0.3, 0.4) is 0 Å². The van der Waals surface area contributed by atoms with Gasteiger partial charge in [0.25, 0.3) is 0 Å². The molecule has 0 N–H and O–H groups in total. The van der Waals surface area contributed by atoms with Gasteiger partial charge in [0.2, 0.25) is 0 Å². The molecule has 1 heteroatoms. The highest BCUT2D eigenvalue weighted by Gasteiger charge is 2.32. The van der Waals surface area contributed by atoms with Crippen molar-refractivity contribution in [3.63, 3.8) is 0 Å². The van der Waals surface area contributed by atoms with E-state index in [1.807, 2.05) is 11.3 Å². The van der Waals surface area contributed by atoms with Gasteiger partial charge in [-0.15, -0.1) is 11.3 Å². The number of fused-ring (bicyclic) bond motifs is 8. The van der Waals surface area contributed by atoms with Crippen LogP contribution in [0.2, 0.25) is 0 Å². The first kappa shape index (κ1) is 31.1. The molecule has 4 aliphatic carbocycles. The highest BCUT2D eigenvalue weighted by molar-refractivity contribution is 7.19. The number of allylic oxidation sites excluding steroid dienone is 5. The zero-order valence-electron chi connectivity index (χ0n) is 29.5. The minimum Gasteiger partial charge on any atom is -0.140 e. The Labute approximate surface area is 306 Å². The molecule has 0 radical (unpaired) electrons. The Kier molecular flexibility index (Phi) is 7.79. The zero-order valence-corrected chi connectivity index (χ0v) is 30.3. The molecule has 0 spiro atoms. The molecular weight excluding hydrogens is 633 g/mol. The minimum atomic E-state index is 0.419. The van der Waals surface area contributed by atoms with E-state index >= 15 is 0 Å². The molecule has 51 heavy (non-hydrogen) atoms. The highest BCUT2D eigenvalue weighted by Crippen LogP contribution is 2.49. The van der Waals surface area contributed by atoms with Crippen LogP contribution in [0, 0.1) is 11.8 Å². The third-order valence-electron chi connectivity index (χ3n) is 12.6. The molecule has 0 saturated carbocycles. The average Bonchev–Trinajstić information content (AvgIpc) is 3.42. The van der Waals surface area contributed by atoms with Crippen LogP contribution in [0.1, 0.15) is 76.8 Å². The van der Waals surface area contributed by atoms with Crippen LogP contribution in [0.5, 0.6) is 0 Å². The van der Waals surface area contributed by atoms with E-state index in [2.05, 4.69) is 140 Å². The first-order valence-corrected chi connectivity index (χ1v) is 20.0. The first-order chi connectivity index (χ1) is 25.2. The lowest BCUT2D eigenvalue weighted by molar-refractivity contribution is 0.502. The maximum atomic E-state index is 2.59. The topological polar surface area (TPSA) is 0 Å². The molecule has 1 aromatic heterocycles. The number of hydrogen-bond acceptors (Lipinski definition) is 1. The van der Waals surface area contributed by atoms with Gasteiger partial charge in [-0.25, -0.2) is 0 Å². The predicted molar refractivity (Wildman–Crippen MR) is 218 cm³/mol. The smallest absolute Gasteiger partial charge is 0.0351 e. The molecule has 0 fully saturated rings. The predicted octanol–water partition coefficient (Wildman–Crippen LogP) is 13.4. The molecule has 1 unspecified atom stereocenters. The van der Waals surface area contributed by atoms with Crippen LogP contribution in [-0.4, -0.2) is 0 Å². The third-order valence-corrected chi connectivity index (χ3v) is 13.8. The molecule has 250 valence electrons. The summed E-state index contributed by atoms with van der Waals surface area (Å²) in [6.07, 6.45) is 16.6. The van der Waals surface area contributed by atoms with Gasteiger partial charge >= 0.3 is 0 Å². The first-order valence-electron chi connectivity index (χ1n) is 19.2. The molecular formula is C50H44S. The summed E-state index contributed by atoms with van der Waals surface area (Å²) >= 11 is 2.00. The largest absolute Gasteiger partial charge is 0.140 e. The van der Waals surface area contributed by atoms with Gasteiger partial charge in [0.1, 0.15) is 0 Å². The molecule has 0 nitrogen and oxygen atoms in total. The normalized spacial score (nSPS) is 20.7. The summed E-state index contributed by atoms with van der Waals surface area (Å²) < 4.78 is 1.42. The number of benzene rings is 5. The molecule has 1 heterocycles. The van der Waals surface area contributed by atoms with E-state index < -0.39 is 0 Å². The van der Waals surface area contributed by atoms with E-state index in [9.17, 15) is 0 Å². The Morgan fingerprint density at radius 2 is 1.51 bits per heavy atom. The monoisotopic (exact) mass is 676 g/mol. The van der Waals surface area contributed by atoms with Crippen molar-refractivity contribution in [2.75, 3.05) is 0 Å². The van der Waals surface area contributed by atoms with Crippen molar-refractivity contribution in [3.05, 3.63) is 177 Å². The van der Waals surface area contributed by atoms with Crippen molar-refractivity contribution in [2.24, 2.45) is 11.8 Å². The number of hydrogen-bond donors (Lipinski definition) is 0. The molecule has 0 amide bonds. The van der Waals surface area contributed by atoms with E-state index in [4.69, 9.17) is 0 Å². The van der Waals surface area contributed by atoms with Crippen LogP contribution in [0.4, 0.5) is 0 Å². The fraction of sp³-hybridized carbons (Fsp3) is 0.240. The molecule has 5 aromatic carbocycles. The van der Waals surface area contributed by atoms with Crippen LogP contribution in [-0.2, 0) is 25.7 Å². The molecule has 0 aliphatic heterocycles. The Morgan fingerprint density at radius 3 is 2.45 bits per heavy atom. The second-order valence-electron chi connectivity index (χ2n) is 15.4. The SMILES string of the molecule is C[C@@H]1c2cc(-c3ccc4c(c3)C3=C(C=CCC3)[C@H](Cc3ccccc3)CC4)ccc2-c2ccccc2CC1C1=Cc2c(sc3ccccc23)CC1. The lowest BCUT2D eigenvalue weighted by atomic mass is 9.76. The van der Waals surface area contributed by atoms with Gasteiger partial charge in [-0.1, -0.05) is 134 Å². The maximum absolute atomic E-state index is 2.59. The summed E-state index contributed by atoms with van der Waals surface area (Å²) in [5.41, 5.74) is 19.3. The molecule has 10 rings (SSSR count). The number of aryl methyl sites for hydroxylation is 2. The minimum absolute atomic E-state index is 0.419. The molecule has 3 atom stereocenters. The van der Waals surface area contributed by atoms with Crippen LogP contribution in [0.25, 0.3) is 44.0 Å². The maximum Gasteiger partial charge on any atom is 0.0351 e. The van der Waals surface area contributed by atoms with Crippen LogP contribution < -0.4 is 0 Å². The Balaban J connectivity index is 1.05. The highest BCUT2D eigenvalue weighted by atomic mass is 32.1. The standard InChI is InChI=1S/C50H44S/c1-32-45(39-24-26-50-48(31-39)44-17-9-10-18-49(44)51-50)30-37-13-5-6-14-40(37)43-25-23-36(28-46(32)43)35-21-19-34-20-22-38(27-33-11-3-2-4-12-33)41-15-7-8-16-42(41)47(34)29-35/h2-7,9-15,17-19,21,23,25,28-29,31-32,38,45H,8,16,20,22,24,26-27,30H2,1H3/t32-,38-,45?/m0/s1. The van der Waals surface area contributed by atoms with Crippen molar-refractivity contribution in [1.29, 1.82) is 0 Å². The van der Waals surface area contributed by atoms with Gasteiger partial charge in [-0.05, 0) is 153 Å². The van der Waals surface area contributed by atoms with Gasteiger partial charge in [0.05, 0.1) is 0 Å². The van der Waals surface area contributed by atoms with E-state index in [0.717, 1.165) is 44.9 Å². The summed E-state index contributed by atoms with van der Waals surface area (Å²) in [7, 11) is 0. The van der Waals surface area contributed by atoms with Gasteiger partial charge in [0.15, 0.2) is 0 Å². The Morgan fingerprint density at radius 1 is 0.686 bits per heavy atom. The number of rotatable bonds is 4. The van der Waals surface area contributed by atoms with Gasteiger partial charge in [0, 0.05) is 9.58 Å². The average molecular weight is 677 g/mol. The molecule has 0 saturated heterocycles. The summed E-state index contributed by atoms with van der Waals surface area (Å²) in [5, 5.41) is 1.43. The van der Waals surface area contributed by atoms with E-state index in [1.54, 1.807) is 21.6 Å². The quantitative estimate of drug-likeness (QED) is 0.174. The second-order valence-corrected chi connectivity index (χ2v) is 16.5. The summed E-state index contributed by atoms with van der Waals surface area (Å²) in [5.74, 6) is 1.46. The zero-order chi connectivity index (χ0) is 33.9. The Bertz CT molecular complexity index is 2400. The summed E-state index contributed by atoms with van der Waals surface area (Å²) in [4.78, 5) is 1.56. The van der Waals surface area contributed by atoms with Crippen molar-refractivity contribution < 1.29 is 0 Å². The van der Waals surface area contributed by atoms with Crippen molar-refractivity contribution >= 4 is 33.1 Å². The molecule has 4 aliphatic rings. The fourth-order valence-corrected chi connectivity index (χ4v) is 11.1. The summed E-state index contributed by atoms with van der Waals surface area (Å²) in [6.45, 7) is 2.51. The van der Waals surface area contributed by atoms with E-state index in [0.29, 0.717) is 17.8 Å². The van der Waals surface area contributed by atoms with E-state index in [1.165, 1.54) is 72.1 Å².